The minimum Gasteiger partial charge on any atom is -0.314 e. The molecule has 0 spiro atoms. The van der Waals surface area contributed by atoms with Crippen LogP contribution in [0.15, 0.2) is 17.1 Å². The zero-order valence-corrected chi connectivity index (χ0v) is 14.3. The zero-order valence-electron chi connectivity index (χ0n) is 10.1. The van der Waals surface area contributed by atoms with Gasteiger partial charge in [0.1, 0.15) is 5.52 Å². The van der Waals surface area contributed by atoms with Crippen molar-refractivity contribution in [2.24, 2.45) is 0 Å². The van der Waals surface area contributed by atoms with Gasteiger partial charge in [0.15, 0.2) is 5.52 Å². The van der Waals surface area contributed by atoms with Crippen LogP contribution < -0.4 is 5.56 Å². The molecule has 2 rings (SSSR count). The van der Waals surface area contributed by atoms with Crippen LogP contribution in [0, 0.1) is 0 Å². The molecule has 9 heteroatoms. The Morgan fingerprint density at radius 3 is 3.00 bits per heavy atom. The number of hydrogen-bond donors (Lipinski definition) is 0. The number of hydrogen-bond acceptors (Lipinski definition) is 3. The molecule has 5 nitrogen and oxygen atoms in total. The van der Waals surface area contributed by atoms with Crippen molar-refractivity contribution >= 4 is 44.3 Å². The van der Waals surface area contributed by atoms with E-state index < -0.39 is 7.45 Å². The Balaban J connectivity index is 2.53. The fraction of sp³-hybridized carbons (Fsp3) is 0.444. The Labute approximate surface area is 113 Å². The highest BCUT2D eigenvalue weighted by Crippen LogP contribution is 2.66. The average molecular weight is 320 g/mol. The lowest BCUT2D eigenvalue weighted by atomic mass is 10.3. The van der Waals surface area contributed by atoms with Gasteiger partial charge in [-0.05, 0) is 20.4 Å². The molecule has 2 aromatic heterocycles. The monoisotopic (exact) mass is 320 g/mol. The van der Waals surface area contributed by atoms with Gasteiger partial charge in [-0.2, -0.15) is 0 Å². The third kappa shape index (κ3) is 2.81. The predicted octanol–water partition coefficient (Wildman–Crippen LogP) is 2.81. The van der Waals surface area contributed by atoms with Crippen LogP contribution in [-0.4, -0.2) is 19.3 Å². The molecule has 0 saturated heterocycles. The maximum atomic E-state index is 12.4. The molecule has 98 valence electrons. The summed E-state index contributed by atoms with van der Waals surface area (Å²) in [6.07, 6.45) is 3.90. The van der Waals surface area contributed by atoms with Crippen LogP contribution in [0.5, 0.6) is 0 Å². The molecule has 2 aromatic rings. The summed E-state index contributed by atoms with van der Waals surface area (Å²) in [7, 11) is 5.56. The zero-order chi connectivity index (χ0) is 13.1. The summed E-state index contributed by atoms with van der Waals surface area (Å²) in [6, 6.07) is 1.87. The van der Waals surface area contributed by atoms with Crippen LogP contribution in [-0.2, 0) is 6.54 Å². The summed E-state index contributed by atoms with van der Waals surface area (Å²) in [4.78, 5) is 12.4. The van der Waals surface area contributed by atoms with E-state index in [4.69, 9.17) is 0 Å². The second kappa shape index (κ2) is 6.49. The van der Waals surface area contributed by atoms with Gasteiger partial charge in [-0.1, -0.05) is 27.5 Å². The summed E-state index contributed by atoms with van der Waals surface area (Å²) in [5.41, 5.74) is 1.33. The van der Waals surface area contributed by atoms with Crippen LogP contribution in [0.1, 0.15) is 19.8 Å². The van der Waals surface area contributed by atoms with Crippen molar-refractivity contribution in [3.8, 4) is 0 Å². The van der Waals surface area contributed by atoms with E-state index in [-0.39, 0.29) is 5.56 Å². The molecule has 0 aliphatic rings. The lowest BCUT2D eigenvalue weighted by Gasteiger charge is -2.09. The molecule has 0 bridgehead atoms. The smallest absolute Gasteiger partial charge is 0.278 e. The summed E-state index contributed by atoms with van der Waals surface area (Å²) in [5.74, 6) is 0. The van der Waals surface area contributed by atoms with Gasteiger partial charge < -0.3 is 4.57 Å². The van der Waals surface area contributed by atoms with E-state index >= 15 is 0 Å². The average Bonchev–Trinajstić information content (AvgIpc) is 2.82. The highest BCUT2D eigenvalue weighted by molar-refractivity contribution is 8.60. The van der Waals surface area contributed by atoms with Crippen LogP contribution >= 0.6 is 33.3 Å². The summed E-state index contributed by atoms with van der Waals surface area (Å²) in [5, 5.41) is 8.17. The van der Waals surface area contributed by atoms with Crippen LogP contribution in [0.25, 0.3) is 11.0 Å². The van der Waals surface area contributed by atoms with Gasteiger partial charge in [0.25, 0.3) is 5.56 Å². The molecule has 2 heterocycles. The standard InChI is InChI=1S/C9H16N4OP4/c1-2-3-5-12-6-4-7-8(9(12)14)13(11-10-7)18(16)17-15/h4,6,17H,2-3,5,15-16H2,1H3. The molecule has 18 heavy (non-hydrogen) atoms. The summed E-state index contributed by atoms with van der Waals surface area (Å²) in [6.45, 7) is 2.88. The number of fused-ring (bicyclic) bond motifs is 1. The second-order valence-electron chi connectivity index (χ2n) is 3.85. The van der Waals surface area contributed by atoms with Crippen molar-refractivity contribution in [2.45, 2.75) is 26.3 Å². The lowest BCUT2D eigenvalue weighted by Crippen LogP contribution is -2.20. The normalized spacial score (nSPS) is 13.7. The molecule has 0 saturated carbocycles. The van der Waals surface area contributed by atoms with Gasteiger partial charge in [-0.15, -0.1) is 14.0 Å². The van der Waals surface area contributed by atoms with Crippen molar-refractivity contribution < 1.29 is 0 Å². The molecule has 4 atom stereocenters. The second-order valence-corrected chi connectivity index (χ2v) is 12.7. The Morgan fingerprint density at radius 1 is 1.56 bits per heavy atom. The van der Waals surface area contributed by atoms with Gasteiger partial charge in [0.2, 0.25) is 0 Å². The van der Waals surface area contributed by atoms with E-state index in [0.717, 1.165) is 19.4 Å². The largest absolute Gasteiger partial charge is 0.314 e. The molecular weight excluding hydrogens is 304 g/mol. The van der Waals surface area contributed by atoms with Crippen molar-refractivity contribution in [1.82, 2.24) is 19.3 Å². The number of aromatic nitrogens is 4. The molecule has 0 fully saturated rings. The third-order valence-corrected chi connectivity index (χ3v) is 12.0. The van der Waals surface area contributed by atoms with Gasteiger partial charge in [0.05, 0.1) is 7.45 Å². The molecule has 4 unspecified atom stereocenters. The Kier molecular flexibility index (Phi) is 5.22. The highest BCUT2D eigenvalue weighted by Gasteiger charge is 2.14. The lowest BCUT2D eigenvalue weighted by molar-refractivity contribution is 0.616. The maximum absolute atomic E-state index is 12.4. The SMILES string of the molecule is CCCCn1ccc2nnn(P(P)PP)c2c1=O. The van der Waals surface area contributed by atoms with E-state index in [9.17, 15) is 4.79 Å². The minimum atomic E-state index is -0.541. The van der Waals surface area contributed by atoms with Gasteiger partial charge in [-0.3, -0.25) is 4.79 Å². The number of pyridine rings is 1. The summed E-state index contributed by atoms with van der Waals surface area (Å²) >= 11 is 0. The fourth-order valence-corrected chi connectivity index (χ4v) is 4.52. The molecule has 0 aliphatic carbocycles. The Bertz CT molecular complexity index is 596. The van der Waals surface area contributed by atoms with Crippen molar-refractivity contribution in [1.29, 1.82) is 0 Å². The first-order chi connectivity index (χ1) is 8.69. The molecule has 0 aromatic carbocycles. The Morgan fingerprint density at radius 2 is 2.33 bits per heavy atom. The van der Waals surface area contributed by atoms with Gasteiger partial charge in [-0.25, -0.2) is 4.45 Å². The molecule has 0 radical (unpaired) electrons. The Hall–Kier alpha value is 0.0700. The van der Waals surface area contributed by atoms with Crippen LogP contribution in [0.2, 0.25) is 0 Å². The molecule has 0 aliphatic heterocycles. The quantitative estimate of drug-likeness (QED) is 0.796. The molecule has 0 amide bonds. The van der Waals surface area contributed by atoms with E-state index in [1.54, 1.807) is 9.02 Å². The molecule has 0 N–H and O–H groups in total. The first-order valence-corrected chi connectivity index (χ1v) is 12.2. The number of nitrogens with zero attached hydrogens (tertiary/aromatic N) is 4. The minimum absolute atomic E-state index is 0.0177. The highest BCUT2D eigenvalue weighted by atomic mass is 32.6. The number of rotatable bonds is 5. The van der Waals surface area contributed by atoms with Crippen LogP contribution in [0.4, 0.5) is 0 Å². The third-order valence-electron chi connectivity index (χ3n) is 2.64. The van der Waals surface area contributed by atoms with Crippen molar-refractivity contribution in [3.63, 3.8) is 0 Å². The van der Waals surface area contributed by atoms with Crippen molar-refractivity contribution in [3.05, 3.63) is 22.6 Å². The number of aryl methyl sites for hydroxylation is 1. The number of unbranched alkanes of at least 4 members (excludes halogenated alkanes) is 1. The predicted molar refractivity (Wildman–Crippen MR) is 86.7 cm³/mol. The molecular formula is C9H16N4OP4. The van der Waals surface area contributed by atoms with E-state index in [0.29, 0.717) is 19.0 Å². The fourth-order valence-electron chi connectivity index (χ4n) is 1.67. The van der Waals surface area contributed by atoms with Gasteiger partial charge in [0, 0.05) is 12.7 Å². The van der Waals surface area contributed by atoms with Gasteiger partial charge >= 0.3 is 0 Å². The van der Waals surface area contributed by atoms with E-state index in [2.05, 4.69) is 35.1 Å². The summed E-state index contributed by atoms with van der Waals surface area (Å²) < 4.78 is 3.52. The van der Waals surface area contributed by atoms with Crippen LogP contribution in [0.3, 0.4) is 0 Å². The maximum Gasteiger partial charge on any atom is 0.278 e. The first-order valence-electron chi connectivity index (χ1n) is 5.65. The first kappa shape index (κ1) is 14.5. The van der Waals surface area contributed by atoms with E-state index in [1.807, 2.05) is 12.3 Å². The topological polar surface area (TPSA) is 52.7 Å². The van der Waals surface area contributed by atoms with Crippen molar-refractivity contribution in [2.75, 3.05) is 0 Å². The van der Waals surface area contributed by atoms with E-state index in [1.165, 1.54) is 0 Å².